The van der Waals surface area contributed by atoms with Crippen LogP contribution in [-0.4, -0.2) is 5.78 Å². The molecule has 3 unspecified atom stereocenters. The molecular weight excluding hydrogens is 258 g/mol. The molecular formula is C19H15NO. The van der Waals surface area contributed by atoms with Crippen molar-refractivity contribution in [3.63, 3.8) is 0 Å². The van der Waals surface area contributed by atoms with Gasteiger partial charge in [-0.3, -0.25) is 4.79 Å². The molecule has 0 aromatic heterocycles. The number of nitrogens with zero attached hydrogens (tertiary/aromatic N) is 1. The molecule has 0 amide bonds. The lowest BCUT2D eigenvalue weighted by atomic mass is 9.77. The third-order valence-electron chi connectivity index (χ3n) is 5.12. The van der Waals surface area contributed by atoms with Crippen LogP contribution in [-0.2, 0) is 6.42 Å². The van der Waals surface area contributed by atoms with Gasteiger partial charge in [-0.2, -0.15) is 5.26 Å². The van der Waals surface area contributed by atoms with Gasteiger partial charge in [-0.15, -0.1) is 0 Å². The molecule has 3 atom stereocenters. The first-order valence-electron chi connectivity index (χ1n) is 7.36. The van der Waals surface area contributed by atoms with Crippen molar-refractivity contribution in [1.29, 1.82) is 5.26 Å². The molecule has 2 nitrogen and oxygen atoms in total. The molecule has 21 heavy (non-hydrogen) atoms. The quantitative estimate of drug-likeness (QED) is 0.794. The van der Waals surface area contributed by atoms with E-state index < -0.39 is 5.41 Å². The minimum Gasteiger partial charge on any atom is -0.293 e. The first-order chi connectivity index (χ1) is 10.3. The molecule has 2 heteroatoms. The summed E-state index contributed by atoms with van der Waals surface area (Å²) in [5, 5.41) is 9.52. The molecule has 0 radical (unpaired) electrons. The molecule has 0 heterocycles. The van der Waals surface area contributed by atoms with Crippen LogP contribution in [0.1, 0.15) is 33.8 Å². The normalized spacial score (nSPS) is 29.8. The molecule has 4 rings (SSSR count). The molecule has 102 valence electrons. The van der Waals surface area contributed by atoms with Crippen molar-refractivity contribution in [2.45, 2.75) is 18.8 Å². The average molecular weight is 273 g/mol. The Balaban J connectivity index is 1.80. The maximum absolute atomic E-state index is 13.0. The van der Waals surface area contributed by atoms with Crippen LogP contribution in [0.15, 0.2) is 54.6 Å². The van der Waals surface area contributed by atoms with Crippen LogP contribution < -0.4 is 0 Å². The standard InChI is InChI=1S/C19H15NO/c20-12-16-17(14-7-2-1-3-8-14)19(16)11-10-13-6-4-5-9-15(13)18(19)21/h1-9,16-17H,10-11H2. The van der Waals surface area contributed by atoms with Gasteiger partial charge in [0.2, 0.25) is 0 Å². The molecule has 0 aliphatic heterocycles. The van der Waals surface area contributed by atoms with Crippen LogP contribution in [0, 0.1) is 22.7 Å². The van der Waals surface area contributed by atoms with Crippen LogP contribution in [0.4, 0.5) is 0 Å². The highest BCUT2D eigenvalue weighted by molar-refractivity contribution is 6.06. The molecule has 2 aliphatic rings. The summed E-state index contributed by atoms with van der Waals surface area (Å²) in [6.07, 6.45) is 1.68. The fraction of sp³-hybridized carbons (Fsp3) is 0.263. The van der Waals surface area contributed by atoms with E-state index in [4.69, 9.17) is 0 Å². The fourth-order valence-corrected chi connectivity index (χ4v) is 4.04. The second-order valence-electron chi connectivity index (χ2n) is 6.02. The third-order valence-corrected chi connectivity index (χ3v) is 5.12. The highest BCUT2D eigenvalue weighted by Crippen LogP contribution is 2.69. The van der Waals surface area contributed by atoms with Gasteiger partial charge >= 0.3 is 0 Å². The lowest BCUT2D eigenvalue weighted by molar-refractivity contribution is 0.0867. The number of aryl methyl sites for hydroxylation is 1. The second kappa shape index (κ2) is 4.30. The van der Waals surface area contributed by atoms with Crippen molar-refractivity contribution < 1.29 is 4.79 Å². The SMILES string of the molecule is N#CC1C(c2ccccc2)C12CCc1ccccc1C2=O. The monoisotopic (exact) mass is 273 g/mol. The number of carbonyl (C=O) groups excluding carboxylic acids is 1. The minimum atomic E-state index is -0.482. The molecule has 2 aromatic rings. The molecule has 0 N–H and O–H groups in total. The summed E-state index contributed by atoms with van der Waals surface area (Å²) in [6, 6.07) is 20.2. The van der Waals surface area contributed by atoms with Crippen molar-refractivity contribution in [3.05, 3.63) is 71.3 Å². The molecule has 1 spiro atoms. The Kier molecular flexibility index (Phi) is 2.53. The molecule has 1 saturated carbocycles. The summed E-state index contributed by atoms with van der Waals surface area (Å²) in [5.41, 5.74) is 2.59. The number of nitriles is 1. The van der Waals surface area contributed by atoms with Gasteiger partial charge in [0.1, 0.15) is 0 Å². The second-order valence-corrected chi connectivity index (χ2v) is 6.02. The van der Waals surface area contributed by atoms with Gasteiger partial charge in [-0.25, -0.2) is 0 Å². The lowest BCUT2D eigenvalue weighted by Crippen LogP contribution is -2.26. The Morgan fingerprint density at radius 1 is 1.05 bits per heavy atom. The van der Waals surface area contributed by atoms with E-state index in [2.05, 4.69) is 6.07 Å². The van der Waals surface area contributed by atoms with Gasteiger partial charge in [0.05, 0.1) is 17.4 Å². The zero-order valence-corrected chi connectivity index (χ0v) is 11.6. The first-order valence-corrected chi connectivity index (χ1v) is 7.36. The number of carbonyl (C=O) groups is 1. The van der Waals surface area contributed by atoms with E-state index in [0.29, 0.717) is 0 Å². The summed E-state index contributed by atoms with van der Waals surface area (Å²) in [5.74, 6) is 0.0510. The number of ketones is 1. The zero-order chi connectivity index (χ0) is 14.4. The van der Waals surface area contributed by atoms with Crippen LogP contribution in [0.3, 0.4) is 0 Å². The highest BCUT2D eigenvalue weighted by atomic mass is 16.1. The summed E-state index contributed by atoms with van der Waals surface area (Å²) in [4.78, 5) is 13.0. The minimum absolute atomic E-state index is 0.0598. The van der Waals surface area contributed by atoms with Crippen molar-refractivity contribution in [3.8, 4) is 6.07 Å². The molecule has 0 bridgehead atoms. The zero-order valence-electron chi connectivity index (χ0n) is 11.6. The van der Waals surface area contributed by atoms with Gasteiger partial charge in [-0.1, -0.05) is 54.6 Å². The highest BCUT2D eigenvalue weighted by Gasteiger charge is 2.70. The predicted molar refractivity (Wildman–Crippen MR) is 79.8 cm³/mol. The van der Waals surface area contributed by atoms with Gasteiger partial charge in [0, 0.05) is 11.5 Å². The van der Waals surface area contributed by atoms with Gasteiger partial charge < -0.3 is 0 Å². The Hall–Kier alpha value is -2.40. The van der Waals surface area contributed by atoms with Gasteiger partial charge in [0.25, 0.3) is 0 Å². The molecule has 2 aliphatic carbocycles. The smallest absolute Gasteiger partial charge is 0.171 e. The molecule has 1 fully saturated rings. The topological polar surface area (TPSA) is 40.9 Å². The van der Waals surface area contributed by atoms with Gasteiger partial charge in [-0.05, 0) is 24.0 Å². The van der Waals surface area contributed by atoms with Crippen LogP contribution in [0.25, 0.3) is 0 Å². The summed E-state index contributed by atoms with van der Waals surface area (Å²) in [6.45, 7) is 0. The maximum Gasteiger partial charge on any atom is 0.171 e. The Morgan fingerprint density at radius 2 is 1.76 bits per heavy atom. The van der Waals surface area contributed by atoms with Crippen molar-refractivity contribution in [2.75, 3.05) is 0 Å². The average Bonchev–Trinajstić information content (AvgIpc) is 3.21. The number of benzene rings is 2. The Morgan fingerprint density at radius 3 is 2.52 bits per heavy atom. The predicted octanol–water partition coefficient (Wildman–Crippen LogP) is 3.74. The van der Waals surface area contributed by atoms with Crippen LogP contribution >= 0.6 is 0 Å². The number of rotatable bonds is 1. The van der Waals surface area contributed by atoms with E-state index >= 15 is 0 Å². The maximum atomic E-state index is 13.0. The van der Waals surface area contributed by atoms with E-state index in [9.17, 15) is 10.1 Å². The fourth-order valence-electron chi connectivity index (χ4n) is 4.04. The van der Waals surface area contributed by atoms with Crippen LogP contribution in [0.2, 0.25) is 0 Å². The number of hydrogen-bond donors (Lipinski definition) is 0. The number of fused-ring (bicyclic) bond motifs is 1. The molecule has 2 aromatic carbocycles. The Labute approximate surface area is 124 Å². The van der Waals surface area contributed by atoms with E-state index in [1.54, 1.807) is 0 Å². The first kappa shape index (κ1) is 12.3. The van der Waals surface area contributed by atoms with E-state index in [-0.39, 0.29) is 17.6 Å². The number of hydrogen-bond acceptors (Lipinski definition) is 2. The van der Waals surface area contributed by atoms with Crippen molar-refractivity contribution in [1.82, 2.24) is 0 Å². The Bertz CT molecular complexity index is 759. The van der Waals surface area contributed by atoms with E-state index in [1.807, 2.05) is 54.6 Å². The third kappa shape index (κ3) is 1.55. The van der Waals surface area contributed by atoms with Crippen molar-refractivity contribution in [2.24, 2.45) is 11.3 Å². The van der Waals surface area contributed by atoms with E-state index in [0.717, 1.165) is 29.5 Å². The van der Waals surface area contributed by atoms with Gasteiger partial charge in [0.15, 0.2) is 5.78 Å². The molecule has 0 saturated heterocycles. The summed E-state index contributed by atoms with van der Waals surface area (Å²) < 4.78 is 0. The van der Waals surface area contributed by atoms with E-state index in [1.165, 1.54) is 0 Å². The lowest BCUT2D eigenvalue weighted by Gasteiger charge is -2.24. The largest absolute Gasteiger partial charge is 0.293 e. The number of Topliss-reactive ketones (excluding diaryl/α,β-unsaturated/α-hetero) is 1. The van der Waals surface area contributed by atoms with Crippen LogP contribution in [0.5, 0.6) is 0 Å². The van der Waals surface area contributed by atoms with Crippen molar-refractivity contribution >= 4 is 5.78 Å². The summed E-state index contributed by atoms with van der Waals surface area (Å²) in [7, 11) is 0. The summed E-state index contributed by atoms with van der Waals surface area (Å²) >= 11 is 0.